The molecule has 0 spiro atoms. The fourth-order valence-electron chi connectivity index (χ4n) is 2.02. The first-order chi connectivity index (χ1) is 11.2. The number of nitrogens with one attached hydrogen (secondary N) is 2. The molecule has 6 heteroatoms. The Bertz CT molecular complexity index is 890. The van der Waals surface area contributed by atoms with Crippen molar-refractivity contribution in [3.8, 4) is 11.3 Å². The van der Waals surface area contributed by atoms with Crippen LogP contribution < -0.4 is 11.0 Å². The van der Waals surface area contributed by atoms with Gasteiger partial charge in [-0.3, -0.25) is 9.78 Å². The van der Waals surface area contributed by atoms with Crippen LogP contribution in [-0.2, 0) is 0 Å². The summed E-state index contributed by atoms with van der Waals surface area (Å²) in [4.78, 5) is 18.7. The first-order valence-electron chi connectivity index (χ1n) is 6.92. The Morgan fingerprint density at radius 3 is 2.70 bits per heavy atom. The Labute approximate surface area is 141 Å². The number of H-pyrrole nitrogens is 1. The van der Waals surface area contributed by atoms with Crippen molar-refractivity contribution >= 4 is 28.1 Å². The van der Waals surface area contributed by atoms with Gasteiger partial charge in [-0.2, -0.15) is 5.10 Å². The number of nitrogens with zero attached hydrogens (tertiary/aromatic N) is 2. The minimum absolute atomic E-state index is 0.237. The normalized spacial score (nSPS) is 10.8. The molecule has 0 fully saturated rings. The van der Waals surface area contributed by atoms with E-state index in [1.807, 2.05) is 54.6 Å². The van der Waals surface area contributed by atoms with Crippen LogP contribution in [0.5, 0.6) is 0 Å². The van der Waals surface area contributed by atoms with Crippen molar-refractivity contribution in [2.45, 2.75) is 0 Å². The van der Waals surface area contributed by atoms with Gasteiger partial charge in [0.05, 0.1) is 11.9 Å². The van der Waals surface area contributed by atoms with Crippen LogP contribution in [0.3, 0.4) is 0 Å². The number of hydrazone groups is 1. The predicted molar refractivity (Wildman–Crippen MR) is 95.7 cm³/mol. The SMILES string of the molecule is O=c1cc(-c2ccccc2)nc(N/N=C/c2cccc(Br)c2)[nH]1. The molecule has 0 unspecified atom stereocenters. The van der Waals surface area contributed by atoms with Gasteiger partial charge in [-0.15, -0.1) is 0 Å². The van der Waals surface area contributed by atoms with Gasteiger partial charge in [0.1, 0.15) is 0 Å². The van der Waals surface area contributed by atoms with E-state index in [9.17, 15) is 4.79 Å². The molecule has 0 aliphatic carbocycles. The quantitative estimate of drug-likeness (QED) is 0.545. The molecule has 114 valence electrons. The molecule has 0 aliphatic heterocycles. The molecule has 0 radical (unpaired) electrons. The molecule has 0 saturated heterocycles. The first kappa shape index (κ1) is 15.2. The van der Waals surface area contributed by atoms with Crippen molar-refractivity contribution in [1.29, 1.82) is 0 Å². The molecule has 5 nitrogen and oxygen atoms in total. The third-order valence-corrected chi connectivity index (χ3v) is 3.54. The van der Waals surface area contributed by atoms with Gasteiger partial charge in [-0.1, -0.05) is 58.4 Å². The van der Waals surface area contributed by atoms with Crippen LogP contribution in [0, 0.1) is 0 Å². The van der Waals surface area contributed by atoms with Crippen LogP contribution in [0.15, 0.2) is 75.0 Å². The summed E-state index contributed by atoms with van der Waals surface area (Å²) in [5, 5.41) is 4.10. The fraction of sp³-hybridized carbons (Fsp3) is 0. The third kappa shape index (κ3) is 4.14. The Morgan fingerprint density at radius 2 is 1.91 bits per heavy atom. The number of aromatic nitrogens is 2. The molecule has 0 bridgehead atoms. The van der Waals surface area contributed by atoms with E-state index in [-0.39, 0.29) is 5.56 Å². The van der Waals surface area contributed by atoms with Gasteiger partial charge < -0.3 is 0 Å². The second-order valence-electron chi connectivity index (χ2n) is 4.77. The number of hydrogen-bond acceptors (Lipinski definition) is 4. The average molecular weight is 369 g/mol. The Morgan fingerprint density at radius 1 is 1.09 bits per heavy atom. The van der Waals surface area contributed by atoms with Gasteiger partial charge in [-0.25, -0.2) is 10.4 Å². The lowest BCUT2D eigenvalue weighted by Crippen LogP contribution is -2.10. The van der Waals surface area contributed by atoms with Crippen LogP contribution in [-0.4, -0.2) is 16.2 Å². The lowest BCUT2D eigenvalue weighted by atomic mass is 10.1. The number of anilines is 1. The summed E-state index contributed by atoms with van der Waals surface area (Å²) in [6.45, 7) is 0. The van der Waals surface area contributed by atoms with Crippen LogP contribution in [0.25, 0.3) is 11.3 Å². The highest BCUT2D eigenvalue weighted by Crippen LogP contribution is 2.15. The summed E-state index contributed by atoms with van der Waals surface area (Å²) in [6.07, 6.45) is 1.65. The van der Waals surface area contributed by atoms with Crippen LogP contribution in [0.1, 0.15) is 5.56 Å². The molecule has 3 aromatic rings. The third-order valence-electron chi connectivity index (χ3n) is 3.04. The number of benzene rings is 2. The number of halogens is 1. The molecule has 1 aromatic heterocycles. The van der Waals surface area contributed by atoms with Crippen molar-refractivity contribution < 1.29 is 0 Å². The first-order valence-corrected chi connectivity index (χ1v) is 7.71. The molecule has 2 aromatic carbocycles. The standard InChI is InChI=1S/C17H13BrN4O/c18-14-8-4-5-12(9-14)11-19-22-17-20-15(10-16(23)21-17)13-6-2-1-3-7-13/h1-11H,(H2,20,21,22,23)/b19-11+. The van der Waals surface area contributed by atoms with Gasteiger partial charge in [0.2, 0.25) is 5.95 Å². The topological polar surface area (TPSA) is 70.1 Å². The zero-order valence-electron chi connectivity index (χ0n) is 12.0. The molecule has 1 heterocycles. The van der Waals surface area contributed by atoms with Gasteiger partial charge in [0, 0.05) is 16.1 Å². The van der Waals surface area contributed by atoms with E-state index in [4.69, 9.17) is 0 Å². The molecular weight excluding hydrogens is 356 g/mol. The number of rotatable bonds is 4. The van der Waals surface area contributed by atoms with Crippen LogP contribution in [0.4, 0.5) is 5.95 Å². The molecule has 0 atom stereocenters. The zero-order chi connectivity index (χ0) is 16.1. The lowest BCUT2D eigenvalue weighted by molar-refractivity contribution is 1.09. The van der Waals surface area contributed by atoms with E-state index >= 15 is 0 Å². The number of aromatic amines is 1. The Hall–Kier alpha value is -2.73. The van der Waals surface area contributed by atoms with Gasteiger partial charge in [0.25, 0.3) is 5.56 Å². The maximum atomic E-state index is 11.8. The molecule has 2 N–H and O–H groups in total. The largest absolute Gasteiger partial charge is 0.291 e. The molecule has 0 saturated carbocycles. The minimum atomic E-state index is -0.237. The Balaban J connectivity index is 1.81. The summed E-state index contributed by atoms with van der Waals surface area (Å²) < 4.78 is 0.971. The van der Waals surface area contributed by atoms with Crippen molar-refractivity contribution in [3.63, 3.8) is 0 Å². The van der Waals surface area contributed by atoms with E-state index in [2.05, 4.69) is 36.4 Å². The second-order valence-corrected chi connectivity index (χ2v) is 5.69. The fourth-order valence-corrected chi connectivity index (χ4v) is 2.44. The molecule has 0 amide bonds. The van der Waals surface area contributed by atoms with Crippen molar-refractivity contribution in [2.24, 2.45) is 5.10 Å². The van der Waals surface area contributed by atoms with Crippen molar-refractivity contribution in [2.75, 3.05) is 5.43 Å². The molecule has 23 heavy (non-hydrogen) atoms. The van der Waals surface area contributed by atoms with E-state index < -0.39 is 0 Å². The summed E-state index contributed by atoms with van der Waals surface area (Å²) in [5.41, 5.74) is 4.90. The highest BCUT2D eigenvalue weighted by Gasteiger charge is 2.02. The lowest BCUT2D eigenvalue weighted by Gasteiger charge is -2.03. The van der Waals surface area contributed by atoms with Crippen molar-refractivity contribution in [1.82, 2.24) is 9.97 Å². The highest BCUT2D eigenvalue weighted by atomic mass is 79.9. The molecule has 0 aliphatic rings. The zero-order valence-corrected chi connectivity index (χ0v) is 13.6. The van der Waals surface area contributed by atoms with Crippen LogP contribution >= 0.6 is 15.9 Å². The predicted octanol–water partition coefficient (Wildman–Crippen LogP) is 3.65. The van der Waals surface area contributed by atoms with E-state index in [0.29, 0.717) is 11.6 Å². The Kier molecular flexibility index (Phi) is 4.63. The monoisotopic (exact) mass is 368 g/mol. The average Bonchev–Trinajstić information content (AvgIpc) is 2.55. The smallest absolute Gasteiger partial charge is 0.252 e. The summed E-state index contributed by atoms with van der Waals surface area (Å²) in [5.74, 6) is 0.294. The second kappa shape index (κ2) is 7.02. The number of hydrogen-bond donors (Lipinski definition) is 2. The van der Waals surface area contributed by atoms with E-state index in [1.165, 1.54) is 6.07 Å². The summed E-state index contributed by atoms with van der Waals surface area (Å²) in [6, 6.07) is 18.7. The van der Waals surface area contributed by atoms with Crippen molar-refractivity contribution in [3.05, 3.63) is 81.1 Å². The van der Waals surface area contributed by atoms with Gasteiger partial charge in [-0.05, 0) is 17.7 Å². The van der Waals surface area contributed by atoms with Gasteiger partial charge in [0.15, 0.2) is 0 Å². The minimum Gasteiger partial charge on any atom is -0.291 e. The molecule has 3 rings (SSSR count). The van der Waals surface area contributed by atoms with Crippen LogP contribution in [0.2, 0.25) is 0 Å². The maximum Gasteiger partial charge on any atom is 0.252 e. The maximum absolute atomic E-state index is 11.8. The summed E-state index contributed by atoms with van der Waals surface area (Å²) >= 11 is 3.40. The van der Waals surface area contributed by atoms with Gasteiger partial charge >= 0.3 is 0 Å². The molecular formula is C17H13BrN4O. The van der Waals surface area contributed by atoms with E-state index in [1.54, 1.807) is 6.21 Å². The highest BCUT2D eigenvalue weighted by molar-refractivity contribution is 9.10. The van der Waals surface area contributed by atoms with E-state index in [0.717, 1.165) is 15.6 Å². The summed E-state index contributed by atoms with van der Waals surface area (Å²) in [7, 11) is 0.